The van der Waals surface area contributed by atoms with Crippen LogP contribution in [0.5, 0.6) is 5.88 Å². The van der Waals surface area contributed by atoms with Gasteiger partial charge in [-0.2, -0.15) is 0 Å². The van der Waals surface area contributed by atoms with Gasteiger partial charge in [-0.25, -0.2) is 4.98 Å². The molecule has 0 aliphatic rings. The van der Waals surface area contributed by atoms with Crippen LogP contribution in [0.15, 0.2) is 18.3 Å². The lowest BCUT2D eigenvalue weighted by molar-refractivity contribution is -0.139. The number of carbonyl (C=O) groups excluding carboxylic acids is 1. The molecule has 0 bridgehead atoms. The van der Waals surface area contributed by atoms with Crippen LogP contribution in [0, 0.1) is 0 Å². The van der Waals surface area contributed by atoms with Crippen molar-refractivity contribution >= 4 is 11.6 Å². The monoisotopic (exact) mass is 322 g/mol. The number of rotatable bonds is 11. The molecule has 1 rings (SSSR count). The van der Waals surface area contributed by atoms with Crippen molar-refractivity contribution in [2.45, 2.75) is 65.4 Å². The summed E-state index contributed by atoms with van der Waals surface area (Å²) in [6, 6.07) is 3.56. The first-order valence-electron chi connectivity index (χ1n) is 8.60. The van der Waals surface area contributed by atoms with Gasteiger partial charge in [0.25, 0.3) is 5.91 Å². The van der Waals surface area contributed by atoms with Crippen LogP contribution >= 0.6 is 0 Å². The minimum absolute atomic E-state index is 0.125. The van der Waals surface area contributed by atoms with Gasteiger partial charge in [0.05, 0.1) is 18.5 Å². The first kappa shape index (κ1) is 19.4. The van der Waals surface area contributed by atoms with Crippen molar-refractivity contribution in [3.05, 3.63) is 18.3 Å². The van der Waals surface area contributed by atoms with Gasteiger partial charge in [0.2, 0.25) is 5.88 Å². The van der Waals surface area contributed by atoms with Crippen molar-refractivity contribution in [2.75, 3.05) is 18.5 Å². The summed E-state index contributed by atoms with van der Waals surface area (Å²) in [7, 11) is 0. The molecule has 5 nitrogen and oxygen atoms in total. The Bertz CT molecular complexity index is 462. The Morgan fingerprint density at radius 1 is 1.22 bits per heavy atom. The van der Waals surface area contributed by atoms with Crippen LogP contribution < -0.4 is 10.1 Å². The average Bonchev–Trinajstić information content (AvgIpc) is 2.54. The summed E-state index contributed by atoms with van der Waals surface area (Å²) in [4.78, 5) is 16.8. The molecule has 0 aliphatic heterocycles. The molecule has 0 saturated carbocycles. The van der Waals surface area contributed by atoms with Gasteiger partial charge in [-0.15, -0.1) is 0 Å². The van der Waals surface area contributed by atoms with E-state index in [1.807, 2.05) is 20.8 Å². The lowest BCUT2D eigenvalue weighted by Gasteiger charge is -2.28. The van der Waals surface area contributed by atoms with Crippen molar-refractivity contribution < 1.29 is 14.3 Å². The highest BCUT2D eigenvalue weighted by atomic mass is 16.5. The lowest BCUT2D eigenvalue weighted by Crippen LogP contribution is -2.42. The van der Waals surface area contributed by atoms with E-state index in [4.69, 9.17) is 9.47 Å². The quantitative estimate of drug-likeness (QED) is 0.621. The Hall–Kier alpha value is -1.62. The molecular formula is C18H30N2O3. The van der Waals surface area contributed by atoms with Crippen LogP contribution in [0.2, 0.25) is 0 Å². The van der Waals surface area contributed by atoms with Crippen LogP contribution in [-0.4, -0.2) is 29.7 Å². The lowest BCUT2D eigenvalue weighted by atomic mass is 9.96. The molecule has 0 fully saturated rings. The third-order valence-electron chi connectivity index (χ3n) is 3.65. The van der Waals surface area contributed by atoms with E-state index in [-0.39, 0.29) is 5.91 Å². The summed E-state index contributed by atoms with van der Waals surface area (Å²) < 4.78 is 11.2. The molecule has 1 heterocycles. The van der Waals surface area contributed by atoms with Crippen molar-refractivity contribution in [1.29, 1.82) is 0 Å². The number of carbonyl (C=O) groups is 1. The normalized spacial score (nSPS) is 13.4. The zero-order valence-corrected chi connectivity index (χ0v) is 14.9. The third kappa shape index (κ3) is 6.57. The van der Waals surface area contributed by atoms with Gasteiger partial charge in [0, 0.05) is 12.7 Å². The molecule has 130 valence electrons. The van der Waals surface area contributed by atoms with Crippen LogP contribution in [0.1, 0.15) is 59.8 Å². The van der Waals surface area contributed by atoms with Gasteiger partial charge in [-0.1, -0.05) is 33.1 Å². The first-order chi connectivity index (χ1) is 11.1. The van der Waals surface area contributed by atoms with Gasteiger partial charge >= 0.3 is 0 Å². The van der Waals surface area contributed by atoms with Crippen LogP contribution in [0.4, 0.5) is 5.69 Å². The van der Waals surface area contributed by atoms with Crippen molar-refractivity contribution in [2.24, 2.45) is 0 Å². The first-order valence-corrected chi connectivity index (χ1v) is 8.60. The highest BCUT2D eigenvalue weighted by Crippen LogP contribution is 2.22. The maximum absolute atomic E-state index is 12.6. The Morgan fingerprint density at radius 2 is 2.00 bits per heavy atom. The Labute approximate surface area is 139 Å². The number of nitrogens with one attached hydrogen (secondary N) is 1. The van der Waals surface area contributed by atoms with Gasteiger partial charge in [0.1, 0.15) is 5.60 Å². The van der Waals surface area contributed by atoms with E-state index in [1.54, 1.807) is 18.3 Å². The van der Waals surface area contributed by atoms with Crippen LogP contribution in [-0.2, 0) is 9.53 Å². The van der Waals surface area contributed by atoms with E-state index in [1.165, 1.54) is 0 Å². The molecule has 0 saturated heterocycles. The summed E-state index contributed by atoms with van der Waals surface area (Å²) in [5, 5.41) is 2.90. The second-order valence-corrected chi connectivity index (χ2v) is 5.81. The van der Waals surface area contributed by atoms with E-state index < -0.39 is 5.60 Å². The Balaban J connectivity index is 2.66. The minimum Gasteiger partial charge on any atom is -0.478 e. The second-order valence-electron chi connectivity index (χ2n) is 5.81. The predicted molar refractivity (Wildman–Crippen MR) is 92.8 cm³/mol. The van der Waals surface area contributed by atoms with E-state index in [0.717, 1.165) is 25.7 Å². The number of hydrogen-bond donors (Lipinski definition) is 1. The molecule has 0 radical (unpaired) electrons. The number of anilines is 1. The van der Waals surface area contributed by atoms with Gasteiger partial charge in [0.15, 0.2) is 0 Å². The fraction of sp³-hybridized carbons (Fsp3) is 0.667. The molecule has 1 aromatic heterocycles. The summed E-state index contributed by atoms with van der Waals surface area (Å²) in [5.41, 5.74) is -0.151. The maximum atomic E-state index is 12.6. The highest BCUT2D eigenvalue weighted by molar-refractivity contribution is 5.96. The van der Waals surface area contributed by atoms with Crippen molar-refractivity contribution in [1.82, 2.24) is 4.98 Å². The van der Waals surface area contributed by atoms with Gasteiger partial charge < -0.3 is 14.8 Å². The fourth-order valence-corrected chi connectivity index (χ4v) is 2.29. The third-order valence-corrected chi connectivity index (χ3v) is 3.65. The summed E-state index contributed by atoms with van der Waals surface area (Å²) >= 11 is 0. The molecule has 1 N–H and O–H groups in total. The van der Waals surface area contributed by atoms with Gasteiger partial charge in [-0.3, -0.25) is 4.79 Å². The molecule has 1 aromatic rings. The SMILES string of the molecule is CCCCC[C@@](C)(OCC)C(=O)Nc1ccc(OCCC)nc1. The largest absolute Gasteiger partial charge is 0.478 e. The number of amides is 1. The Kier molecular flexibility index (Phi) is 8.62. The molecule has 23 heavy (non-hydrogen) atoms. The molecule has 0 spiro atoms. The molecule has 1 amide bonds. The zero-order valence-electron chi connectivity index (χ0n) is 14.9. The number of pyridine rings is 1. The van der Waals surface area contributed by atoms with E-state index in [0.29, 0.717) is 31.2 Å². The number of hydrogen-bond acceptors (Lipinski definition) is 4. The van der Waals surface area contributed by atoms with Crippen LogP contribution in [0.3, 0.4) is 0 Å². The number of aromatic nitrogens is 1. The molecular weight excluding hydrogens is 292 g/mol. The van der Waals surface area contributed by atoms with Crippen molar-refractivity contribution in [3.63, 3.8) is 0 Å². The van der Waals surface area contributed by atoms with Crippen molar-refractivity contribution in [3.8, 4) is 5.88 Å². The number of nitrogens with zero attached hydrogens (tertiary/aromatic N) is 1. The molecule has 0 aromatic carbocycles. The molecule has 0 aliphatic carbocycles. The maximum Gasteiger partial charge on any atom is 0.256 e. The average molecular weight is 322 g/mol. The summed E-state index contributed by atoms with van der Waals surface area (Å²) in [6.45, 7) is 9.10. The molecule has 1 atom stereocenters. The number of unbranched alkanes of at least 4 members (excludes halogenated alkanes) is 2. The van der Waals surface area contributed by atoms with Gasteiger partial charge in [-0.05, 0) is 32.8 Å². The smallest absolute Gasteiger partial charge is 0.256 e. The number of ether oxygens (including phenoxy) is 2. The molecule has 5 heteroatoms. The van der Waals surface area contributed by atoms with E-state index >= 15 is 0 Å². The zero-order chi connectivity index (χ0) is 17.1. The minimum atomic E-state index is -0.804. The molecule has 0 unspecified atom stereocenters. The fourth-order valence-electron chi connectivity index (χ4n) is 2.29. The van der Waals surface area contributed by atoms with E-state index in [9.17, 15) is 4.79 Å². The van der Waals surface area contributed by atoms with E-state index in [2.05, 4.69) is 17.2 Å². The summed E-state index contributed by atoms with van der Waals surface area (Å²) in [6.07, 6.45) is 6.45. The Morgan fingerprint density at radius 3 is 2.57 bits per heavy atom. The summed E-state index contributed by atoms with van der Waals surface area (Å²) in [5.74, 6) is 0.444. The topological polar surface area (TPSA) is 60.5 Å². The standard InChI is InChI=1S/C18H30N2O3/c1-5-8-9-12-18(4,23-7-3)17(21)20-15-10-11-16(19-14-15)22-13-6-2/h10-11,14H,5-9,12-13H2,1-4H3,(H,20,21)/t18-/m1/s1. The van der Waals surface area contributed by atoms with Crippen LogP contribution in [0.25, 0.3) is 0 Å². The highest BCUT2D eigenvalue weighted by Gasteiger charge is 2.33. The predicted octanol–water partition coefficient (Wildman–Crippen LogP) is 4.18. The second kappa shape index (κ2) is 10.2.